The number of anilines is 1. The summed E-state index contributed by atoms with van der Waals surface area (Å²) in [5, 5.41) is 7.09. The molecular formula is C17H20N4O3. The van der Waals surface area contributed by atoms with Crippen LogP contribution in [-0.2, 0) is 4.74 Å². The molecule has 7 nitrogen and oxygen atoms in total. The molecular weight excluding hydrogens is 308 g/mol. The second-order valence-corrected chi connectivity index (χ2v) is 6.47. The fourth-order valence-electron chi connectivity index (χ4n) is 3.60. The fourth-order valence-corrected chi connectivity index (χ4v) is 3.60. The van der Waals surface area contributed by atoms with Gasteiger partial charge in [0.15, 0.2) is 0 Å². The zero-order chi connectivity index (χ0) is 16.4. The molecule has 0 radical (unpaired) electrons. The van der Waals surface area contributed by atoms with Crippen molar-refractivity contribution in [3.63, 3.8) is 0 Å². The molecule has 2 aromatic heterocycles. The van der Waals surface area contributed by atoms with Crippen LogP contribution in [0.4, 0.5) is 5.82 Å². The summed E-state index contributed by atoms with van der Waals surface area (Å²) in [7, 11) is 0. The SMILES string of the molecule is O=C(c1cnoc1)N1CC[C@@]2(C[C@H](Nc3ccccn3)CCO2)C1. The molecule has 1 amide bonds. The van der Waals surface area contributed by atoms with E-state index in [0.717, 1.165) is 25.1 Å². The molecule has 4 heterocycles. The predicted octanol–water partition coefficient (Wildman–Crippen LogP) is 1.95. The first-order valence-electron chi connectivity index (χ1n) is 8.24. The van der Waals surface area contributed by atoms with Gasteiger partial charge in [-0.25, -0.2) is 4.98 Å². The number of nitrogens with zero attached hydrogens (tertiary/aromatic N) is 3. The number of carbonyl (C=O) groups is 1. The van der Waals surface area contributed by atoms with Gasteiger partial charge in [-0.1, -0.05) is 11.2 Å². The van der Waals surface area contributed by atoms with Crippen molar-refractivity contribution >= 4 is 11.7 Å². The van der Waals surface area contributed by atoms with Crippen molar-refractivity contribution < 1.29 is 14.1 Å². The summed E-state index contributed by atoms with van der Waals surface area (Å²) in [4.78, 5) is 18.6. The van der Waals surface area contributed by atoms with Gasteiger partial charge < -0.3 is 19.5 Å². The van der Waals surface area contributed by atoms with Gasteiger partial charge in [-0.15, -0.1) is 0 Å². The molecule has 2 atom stereocenters. The molecule has 0 saturated carbocycles. The van der Waals surface area contributed by atoms with Crippen molar-refractivity contribution in [1.29, 1.82) is 0 Å². The minimum atomic E-state index is -0.266. The van der Waals surface area contributed by atoms with E-state index >= 15 is 0 Å². The first-order chi connectivity index (χ1) is 11.7. The largest absolute Gasteiger partial charge is 0.373 e. The summed E-state index contributed by atoms with van der Waals surface area (Å²) >= 11 is 0. The molecule has 2 saturated heterocycles. The number of aromatic nitrogens is 2. The third-order valence-corrected chi connectivity index (χ3v) is 4.79. The molecule has 2 aromatic rings. The smallest absolute Gasteiger partial charge is 0.258 e. The summed E-state index contributed by atoms with van der Waals surface area (Å²) in [6.45, 7) is 2.00. The minimum absolute atomic E-state index is 0.0449. The van der Waals surface area contributed by atoms with Gasteiger partial charge in [0, 0.05) is 25.4 Å². The Morgan fingerprint density at radius 1 is 1.42 bits per heavy atom. The van der Waals surface area contributed by atoms with E-state index in [4.69, 9.17) is 9.26 Å². The number of ether oxygens (including phenoxy) is 1. The average Bonchev–Trinajstić information content (AvgIpc) is 3.26. The Kier molecular flexibility index (Phi) is 3.93. The van der Waals surface area contributed by atoms with E-state index in [2.05, 4.69) is 15.5 Å². The lowest BCUT2D eigenvalue weighted by atomic mass is 9.89. The quantitative estimate of drug-likeness (QED) is 0.927. The van der Waals surface area contributed by atoms with E-state index in [9.17, 15) is 4.79 Å². The monoisotopic (exact) mass is 328 g/mol. The van der Waals surface area contributed by atoms with Gasteiger partial charge in [0.25, 0.3) is 5.91 Å². The molecule has 1 N–H and O–H groups in total. The normalized spacial score (nSPS) is 26.7. The molecule has 126 valence electrons. The molecule has 0 bridgehead atoms. The number of carbonyl (C=O) groups excluding carboxylic acids is 1. The molecule has 0 aliphatic carbocycles. The van der Waals surface area contributed by atoms with Gasteiger partial charge >= 0.3 is 0 Å². The van der Waals surface area contributed by atoms with Gasteiger partial charge in [0.1, 0.15) is 12.1 Å². The van der Waals surface area contributed by atoms with E-state index in [1.54, 1.807) is 6.20 Å². The maximum atomic E-state index is 12.5. The van der Waals surface area contributed by atoms with Crippen LogP contribution in [0.5, 0.6) is 0 Å². The molecule has 1 spiro atoms. The van der Waals surface area contributed by atoms with Crippen molar-refractivity contribution in [1.82, 2.24) is 15.0 Å². The average molecular weight is 328 g/mol. The molecule has 4 rings (SSSR count). The summed E-state index contributed by atoms with van der Waals surface area (Å²) in [6.07, 6.45) is 7.30. The van der Waals surface area contributed by atoms with Crippen molar-refractivity contribution in [3.8, 4) is 0 Å². The zero-order valence-electron chi connectivity index (χ0n) is 13.4. The van der Waals surface area contributed by atoms with E-state index in [1.165, 1.54) is 12.5 Å². The van der Waals surface area contributed by atoms with Gasteiger partial charge in [-0.3, -0.25) is 4.79 Å². The third kappa shape index (κ3) is 2.99. The second kappa shape index (κ2) is 6.24. The Morgan fingerprint density at radius 2 is 2.38 bits per heavy atom. The maximum Gasteiger partial charge on any atom is 0.258 e. The number of likely N-dealkylation sites (tertiary alicyclic amines) is 1. The van der Waals surface area contributed by atoms with Crippen molar-refractivity contribution in [2.75, 3.05) is 25.0 Å². The van der Waals surface area contributed by atoms with Crippen molar-refractivity contribution in [3.05, 3.63) is 42.4 Å². The fraction of sp³-hybridized carbons (Fsp3) is 0.471. The van der Waals surface area contributed by atoms with Gasteiger partial charge in [0.2, 0.25) is 0 Å². The van der Waals surface area contributed by atoms with E-state index in [0.29, 0.717) is 31.3 Å². The highest BCUT2D eigenvalue weighted by Gasteiger charge is 2.45. The number of hydrogen-bond donors (Lipinski definition) is 1. The standard InChI is InChI=1S/C17H20N4O3/c22-16(13-10-19-24-11-13)21-7-5-17(12-21)9-14(4-8-23-17)20-15-3-1-2-6-18-15/h1-3,6,10-11,14H,4-5,7-9,12H2,(H,18,20)/t14-,17-/m1/s1. The number of hydrogen-bond acceptors (Lipinski definition) is 6. The van der Waals surface area contributed by atoms with Crippen LogP contribution in [0.25, 0.3) is 0 Å². The number of rotatable bonds is 3. The van der Waals surface area contributed by atoms with E-state index in [-0.39, 0.29) is 11.5 Å². The van der Waals surface area contributed by atoms with Crippen molar-refractivity contribution in [2.24, 2.45) is 0 Å². The Bertz CT molecular complexity index is 691. The summed E-state index contributed by atoms with van der Waals surface area (Å²) in [5.41, 5.74) is 0.225. The first-order valence-corrected chi connectivity index (χ1v) is 8.24. The van der Waals surface area contributed by atoms with Crippen LogP contribution < -0.4 is 5.32 Å². The molecule has 2 fully saturated rings. The van der Waals surface area contributed by atoms with Gasteiger partial charge in [0.05, 0.1) is 23.9 Å². The highest BCUT2D eigenvalue weighted by molar-refractivity contribution is 5.93. The number of pyridine rings is 1. The van der Waals surface area contributed by atoms with Crippen LogP contribution in [0.2, 0.25) is 0 Å². The molecule has 2 aliphatic rings. The van der Waals surface area contributed by atoms with E-state index < -0.39 is 0 Å². The van der Waals surface area contributed by atoms with E-state index in [1.807, 2.05) is 23.1 Å². The van der Waals surface area contributed by atoms with Crippen LogP contribution in [0.1, 0.15) is 29.6 Å². The summed E-state index contributed by atoms with van der Waals surface area (Å²) in [5.74, 6) is 0.839. The van der Waals surface area contributed by atoms with Crippen LogP contribution in [0.3, 0.4) is 0 Å². The molecule has 7 heteroatoms. The van der Waals surface area contributed by atoms with Gasteiger partial charge in [-0.2, -0.15) is 0 Å². The lowest BCUT2D eigenvalue weighted by Gasteiger charge is -2.38. The number of nitrogens with one attached hydrogen (secondary N) is 1. The third-order valence-electron chi connectivity index (χ3n) is 4.79. The lowest BCUT2D eigenvalue weighted by Crippen LogP contribution is -2.47. The topological polar surface area (TPSA) is 80.5 Å². The number of amides is 1. The zero-order valence-corrected chi connectivity index (χ0v) is 13.4. The summed E-state index contributed by atoms with van der Waals surface area (Å²) in [6, 6.07) is 6.15. The van der Waals surface area contributed by atoms with Crippen LogP contribution in [0.15, 0.2) is 41.4 Å². The highest BCUT2D eigenvalue weighted by atomic mass is 16.5. The minimum Gasteiger partial charge on any atom is -0.373 e. The Morgan fingerprint density at radius 3 is 3.17 bits per heavy atom. The summed E-state index contributed by atoms with van der Waals surface area (Å²) < 4.78 is 10.9. The Balaban J connectivity index is 1.41. The van der Waals surface area contributed by atoms with Gasteiger partial charge in [-0.05, 0) is 31.4 Å². The molecule has 24 heavy (non-hydrogen) atoms. The van der Waals surface area contributed by atoms with Crippen LogP contribution in [0, 0.1) is 0 Å². The highest BCUT2D eigenvalue weighted by Crippen LogP contribution is 2.35. The van der Waals surface area contributed by atoms with Crippen molar-refractivity contribution in [2.45, 2.75) is 30.9 Å². The van der Waals surface area contributed by atoms with Crippen LogP contribution >= 0.6 is 0 Å². The molecule has 0 unspecified atom stereocenters. The maximum absolute atomic E-state index is 12.5. The lowest BCUT2D eigenvalue weighted by molar-refractivity contribution is -0.0720. The Hall–Kier alpha value is -2.41. The van der Waals surface area contributed by atoms with Crippen LogP contribution in [-0.4, -0.2) is 52.3 Å². The first kappa shape index (κ1) is 15.1. The Labute approximate surface area is 140 Å². The second-order valence-electron chi connectivity index (χ2n) is 6.47. The molecule has 0 aromatic carbocycles. The molecule has 2 aliphatic heterocycles. The predicted molar refractivity (Wildman–Crippen MR) is 86.6 cm³/mol.